The standard InChI is InChI=1S/C16H24N2O2/c1-16(2,3)15(19)20-18-10-8-13(9-11-18)12-4-6-14(17)7-5-12/h4-7,13H,8-11,17H2,1-3H3. The topological polar surface area (TPSA) is 55.6 Å². The first-order chi connectivity index (χ1) is 9.36. The molecule has 2 rings (SSSR count). The molecule has 1 aliphatic heterocycles. The van der Waals surface area contributed by atoms with Crippen LogP contribution in [0.5, 0.6) is 0 Å². The van der Waals surface area contributed by atoms with E-state index in [1.165, 1.54) is 5.56 Å². The first-order valence-electron chi connectivity index (χ1n) is 7.19. The van der Waals surface area contributed by atoms with Crippen LogP contribution in [0, 0.1) is 5.41 Å². The summed E-state index contributed by atoms with van der Waals surface area (Å²) in [7, 11) is 0. The van der Waals surface area contributed by atoms with Gasteiger partial charge in [0.05, 0.1) is 5.41 Å². The average molecular weight is 276 g/mol. The van der Waals surface area contributed by atoms with Crippen molar-refractivity contribution in [2.24, 2.45) is 5.41 Å². The Morgan fingerprint density at radius 2 is 1.75 bits per heavy atom. The fourth-order valence-electron chi connectivity index (χ4n) is 2.30. The van der Waals surface area contributed by atoms with Crippen molar-refractivity contribution in [3.05, 3.63) is 29.8 Å². The highest BCUT2D eigenvalue weighted by atomic mass is 16.7. The van der Waals surface area contributed by atoms with E-state index in [2.05, 4.69) is 12.1 Å². The van der Waals surface area contributed by atoms with Gasteiger partial charge in [-0.3, -0.25) is 0 Å². The number of benzene rings is 1. The molecule has 0 spiro atoms. The zero-order valence-electron chi connectivity index (χ0n) is 12.6. The minimum atomic E-state index is -0.451. The van der Waals surface area contributed by atoms with E-state index in [4.69, 9.17) is 10.6 Å². The van der Waals surface area contributed by atoms with E-state index in [1.54, 1.807) is 5.06 Å². The third kappa shape index (κ3) is 3.73. The number of carbonyl (C=O) groups is 1. The molecule has 20 heavy (non-hydrogen) atoms. The van der Waals surface area contributed by atoms with Gasteiger partial charge >= 0.3 is 5.97 Å². The Balaban J connectivity index is 1.86. The smallest absolute Gasteiger partial charge is 0.330 e. The number of hydroxylamine groups is 2. The molecule has 0 saturated carbocycles. The van der Waals surface area contributed by atoms with Crippen LogP contribution in [0.3, 0.4) is 0 Å². The maximum absolute atomic E-state index is 11.8. The number of hydrogen-bond acceptors (Lipinski definition) is 4. The first kappa shape index (κ1) is 14.9. The van der Waals surface area contributed by atoms with Crippen molar-refractivity contribution >= 4 is 11.7 Å². The minimum Gasteiger partial charge on any atom is -0.399 e. The maximum Gasteiger partial charge on any atom is 0.330 e. The van der Waals surface area contributed by atoms with Crippen LogP contribution in [0.2, 0.25) is 0 Å². The van der Waals surface area contributed by atoms with Crippen molar-refractivity contribution in [1.82, 2.24) is 5.06 Å². The summed E-state index contributed by atoms with van der Waals surface area (Å²) in [6, 6.07) is 8.08. The molecular weight excluding hydrogens is 252 g/mol. The normalized spacial score (nSPS) is 17.9. The van der Waals surface area contributed by atoms with Crippen LogP contribution in [0.1, 0.15) is 45.1 Å². The van der Waals surface area contributed by atoms with E-state index in [0.29, 0.717) is 5.92 Å². The van der Waals surface area contributed by atoms with Crippen molar-refractivity contribution < 1.29 is 9.63 Å². The van der Waals surface area contributed by atoms with Crippen LogP contribution >= 0.6 is 0 Å². The fourth-order valence-corrected chi connectivity index (χ4v) is 2.30. The zero-order valence-corrected chi connectivity index (χ0v) is 12.6. The molecule has 110 valence electrons. The van der Waals surface area contributed by atoms with Crippen molar-refractivity contribution in [2.75, 3.05) is 18.8 Å². The lowest BCUT2D eigenvalue weighted by Crippen LogP contribution is -2.38. The highest BCUT2D eigenvalue weighted by Gasteiger charge is 2.28. The molecule has 0 atom stereocenters. The van der Waals surface area contributed by atoms with Gasteiger partial charge in [0.2, 0.25) is 0 Å². The van der Waals surface area contributed by atoms with Crippen LogP contribution in [0.15, 0.2) is 24.3 Å². The van der Waals surface area contributed by atoms with Gasteiger partial charge in [-0.15, -0.1) is 5.06 Å². The van der Waals surface area contributed by atoms with E-state index in [1.807, 2.05) is 32.9 Å². The van der Waals surface area contributed by atoms with Crippen LogP contribution < -0.4 is 5.73 Å². The Labute approximate surface area is 120 Å². The Hall–Kier alpha value is -1.55. The van der Waals surface area contributed by atoms with Crippen LogP contribution in [-0.4, -0.2) is 24.1 Å². The lowest BCUT2D eigenvalue weighted by Gasteiger charge is -2.32. The highest BCUT2D eigenvalue weighted by Crippen LogP contribution is 2.29. The van der Waals surface area contributed by atoms with Crippen molar-refractivity contribution in [1.29, 1.82) is 0 Å². The number of nitrogens with two attached hydrogens (primary N) is 1. The molecule has 2 N–H and O–H groups in total. The Kier molecular flexibility index (Phi) is 4.33. The Morgan fingerprint density at radius 1 is 1.20 bits per heavy atom. The maximum atomic E-state index is 11.8. The lowest BCUT2D eigenvalue weighted by atomic mass is 9.90. The van der Waals surface area contributed by atoms with Crippen LogP contribution in [-0.2, 0) is 9.63 Å². The number of anilines is 1. The summed E-state index contributed by atoms with van der Waals surface area (Å²) >= 11 is 0. The molecule has 1 fully saturated rings. The van der Waals surface area contributed by atoms with E-state index < -0.39 is 5.41 Å². The van der Waals surface area contributed by atoms with Gasteiger partial charge in [-0.05, 0) is 57.2 Å². The van der Waals surface area contributed by atoms with Crippen molar-refractivity contribution in [2.45, 2.75) is 39.5 Å². The van der Waals surface area contributed by atoms with Crippen LogP contribution in [0.25, 0.3) is 0 Å². The second-order valence-corrected chi connectivity index (χ2v) is 6.50. The number of nitrogens with zero attached hydrogens (tertiary/aromatic N) is 1. The molecule has 0 aliphatic carbocycles. The Morgan fingerprint density at radius 3 is 2.25 bits per heavy atom. The molecule has 1 saturated heterocycles. The summed E-state index contributed by atoms with van der Waals surface area (Å²) in [6.07, 6.45) is 2.00. The summed E-state index contributed by atoms with van der Waals surface area (Å²) in [5.74, 6) is 0.364. The SMILES string of the molecule is CC(C)(C)C(=O)ON1CCC(c2ccc(N)cc2)CC1. The summed E-state index contributed by atoms with van der Waals surface area (Å²) in [5, 5.41) is 1.79. The van der Waals surface area contributed by atoms with Gasteiger partial charge < -0.3 is 10.6 Å². The summed E-state index contributed by atoms with van der Waals surface area (Å²) in [6.45, 7) is 7.19. The minimum absolute atomic E-state index is 0.163. The number of rotatable bonds is 2. The largest absolute Gasteiger partial charge is 0.399 e. The van der Waals surface area contributed by atoms with Crippen LogP contribution in [0.4, 0.5) is 5.69 Å². The van der Waals surface area contributed by atoms with Gasteiger partial charge in [-0.25, -0.2) is 4.79 Å². The van der Waals surface area contributed by atoms with Gasteiger partial charge in [0, 0.05) is 18.8 Å². The summed E-state index contributed by atoms with van der Waals surface area (Å²) in [4.78, 5) is 17.3. The zero-order chi connectivity index (χ0) is 14.8. The molecule has 0 unspecified atom stereocenters. The number of nitrogen functional groups attached to an aromatic ring is 1. The molecule has 1 aromatic carbocycles. The molecule has 1 aromatic rings. The molecule has 0 bridgehead atoms. The van der Waals surface area contributed by atoms with Crippen molar-refractivity contribution in [3.8, 4) is 0 Å². The quantitative estimate of drug-likeness (QED) is 0.844. The third-order valence-corrected chi connectivity index (χ3v) is 3.69. The predicted octanol–water partition coefficient (Wildman–Crippen LogP) is 2.95. The van der Waals surface area contributed by atoms with Gasteiger partial charge in [0.1, 0.15) is 0 Å². The second kappa shape index (κ2) is 5.83. The van der Waals surface area contributed by atoms with E-state index in [0.717, 1.165) is 31.6 Å². The number of carbonyl (C=O) groups excluding carboxylic acids is 1. The Bertz CT molecular complexity index is 454. The van der Waals surface area contributed by atoms with Crippen molar-refractivity contribution in [3.63, 3.8) is 0 Å². The third-order valence-electron chi connectivity index (χ3n) is 3.69. The summed E-state index contributed by atoms with van der Waals surface area (Å²) in [5.41, 5.74) is 7.37. The van der Waals surface area contributed by atoms with Gasteiger partial charge in [-0.2, -0.15) is 0 Å². The lowest BCUT2D eigenvalue weighted by molar-refractivity contribution is -0.204. The summed E-state index contributed by atoms with van der Waals surface area (Å²) < 4.78 is 0. The molecular formula is C16H24N2O2. The monoisotopic (exact) mass is 276 g/mol. The number of hydrogen-bond donors (Lipinski definition) is 1. The molecule has 0 radical (unpaired) electrons. The second-order valence-electron chi connectivity index (χ2n) is 6.50. The molecule has 0 amide bonds. The predicted molar refractivity (Wildman–Crippen MR) is 79.9 cm³/mol. The fraction of sp³-hybridized carbons (Fsp3) is 0.562. The molecule has 1 aliphatic rings. The first-order valence-corrected chi connectivity index (χ1v) is 7.19. The van der Waals surface area contributed by atoms with E-state index in [9.17, 15) is 4.79 Å². The number of piperidine rings is 1. The molecule has 4 heteroatoms. The van der Waals surface area contributed by atoms with E-state index in [-0.39, 0.29) is 5.97 Å². The molecule has 0 aromatic heterocycles. The molecule has 1 heterocycles. The van der Waals surface area contributed by atoms with E-state index >= 15 is 0 Å². The van der Waals surface area contributed by atoms with Gasteiger partial charge in [-0.1, -0.05) is 12.1 Å². The van der Waals surface area contributed by atoms with Gasteiger partial charge in [0.25, 0.3) is 0 Å². The van der Waals surface area contributed by atoms with Gasteiger partial charge in [0.15, 0.2) is 0 Å². The molecule has 4 nitrogen and oxygen atoms in total. The highest BCUT2D eigenvalue weighted by molar-refractivity contribution is 5.75. The average Bonchev–Trinajstić information content (AvgIpc) is 2.39.